The lowest BCUT2D eigenvalue weighted by Gasteiger charge is -2.25. The average molecular weight is 276 g/mol. The Morgan fingerprint density at radius 3 is 2.40 bits per heavy atom. The van der Waals surface area contributed by atoms with Gasteiger partial charge in [-0.3, -0.25) is 14.5 Å². The van der Waals surface area contributed by atoms with Crippen molar-refractivity contribution in [3.05, 3.63) is 34.9 Å². The number of hydrogen-bond acceptors (Lipinski definition) is 4. The number of amides is 2. The van der Waals surface area contributed by atoms with Gasteiger partial charge >= 0.3 is 5.97 Å². The number of benzene rings is 1. The monoisotopic (exact) mass is 276 g/mol. The van der Waals surface area contributed by atoms with Crippen LogP contribution in [0.2, 0.25) is 0 Å². The van der Waals surface area contributed by atoms with E-state index < -0.39 is 11.9 Å². The molecule has 1 aliphatic heterocycles. The number of likely N-dealkylation sites (N-methyl/N-ethyl adjacent to an activating group) is 1. The summed E-state index contributed by atoms with van der Waals surface area (Å²) in [4.78, 5) is 38.6. The van der Waals surface area contributed by atoms with Gasteiger partial charge in [0.2, 0.25) is 0 Å². The SMILES string of the molecule is CC(CN(C)C)N1C(=O)c2ccc(C(=O)O)cc2C1=O. The Labute approximate surface area is 116 Å². The van der Waals surface area contributed by atoms with Gasteiger partial charge in [-0.2, -0.15) is 0 Å². The number of aromatic carboxylic acids is 1. The van der Waals surface area contributed by atoms with E-state index in [0.29, 0.717) is 6.54 Å². The van der Waals surface area contributed by atoms with E-state index in [2.05, 4.69) is 0 Å². The molecule has 6 nitrogen and oxygen atoms in total. The quantitative estimate of drug-likeness (QED) is 0.828. The molecule has 0 fully saturated rings. The molecule has 106 valence electrons. The van der Waals surface area contributed by atoms with Gasteiger partial charge < -0.3 is 10.0 Å². The van der Waals surface area contributed by atoms with Crippen LogP contribution in [0.1, 0.15) is 38.0 Å². The zero-order chi connectivity index (χ0) is 15.0. The maximum absolute atomic E-state index is 12.3. The maximum Gasteiger partial charge on any atom is 0.335 e. The summed E-state index contributed by atoms with van der Waals surface area (Å²) in [5, 5.41) is 8.95. The van der Waals surface area contributed by atoms with E-state index in [4.69, 9.17) is 5.11 Å². The van der Waals surface area contributed by atoms with E-state index in [9.17, 15) is 14.4 Å². The third kappa shape index (κ3) is 2.30. The Hall–Kier alpha value is -2.21. The van der Waals surface area contributed by atoms with Crippen LogP contribution in [0, 0.1) is 0 Å². The number of rotatable bonds is 4. The summed E-state index contributed by atoms with van der Waals surface area (Å²) in [6, 6.07) is 3.74. The largest absolute Gasteiger partial charge is 0.478 e. The van der Waals surface area contributed by atoms with Crippen LogP contribution in [0.5, 0.6) is 0 Å². The van der Waals surface area contributed by atoms with Crippen molar-refractivity contribution in [2.24, 2.45) is 0 Å². The van der Waals surface area contributed by atoms with Crippen molar-refractivity contribution in [2.75, 3.05) is 20.6 Å². The normalized spacial score (nSPS) is 15.7. The van der Waals surface area contributed by atoms with Crippen molar-refractivity contribution < 1.29 is 19.5 Å². The predicted octanol–water partition coefficient (Wildman–Crippen LogP) is 0.931. The van der Waals surface area contributed by atoms with Crippen LogP contribution in [-0.2, 0) is 0 Å². The fraction of sp³-hybridized carbons (Fsp3) is 0.357. The summed E-state index contributed by atoms with van der Waals surface area (Å²) in [7, 11) is 3.72. The molecular formula is C14H16N2O4. The molecule has 1 N–H and O–H groups in total. The van der Waals surface area contributed by atoms with Crippen LogP contribution in [0.15, 0.2) is 18.2 Å². The summed E-state index contributed by atoms with van der Waals surface area (Å²) in [6.45, 7) is 2.34. The van der Waals surface area contributed by atoms with Gasteiger partial charge in [0.15, 0.2) is 0 Å². The molecule has 2 rings (SSSR count). The van der Waals surface area contributed by atoms with Crippen LogP contribution >= 0.6 is 0 Å². The molecule has 0 saturated heterocycles. The molecule has 0 aromatic heterocycles. The van der Waals surface area contributed by atoms with Crippen LogP contribution in [0.25, 0.3) is 0 Å². The first-order valence-electron chi connectivity index (χ1n) is 6.23. The molecule has 1 heterocycles. The number of fused-ring (bicyclic) bond motifs is 1. The van der Waals surface area contributed by atoms with E-state index in [1.165, 1.54) is 23.1 Å². The molecule has 2 amide bonds. The second-order valence-corrected chi connectivity index (χ2v) is 5.16. The molecule has 1 aromatic rings. The van der Waals surface area contributed by atoms with Gasteiger partial charge in [0, 0.05) is 6.54 Å². The molecule has 1 unspecified atom stereocenters. The second-order valence-electron chi connectivity index (χ2n) is 5.16. The number of carboxylic acid groups (broad SMARTS) is 1. The van der Waals surface area contributed by atoms with Crippen molar-refractivity contribution in [3.8, 4) is 0 Å². The Morgan fingerprint density at radius 2 is 1.85 bits per heavy atom. The molecule has 1 atom stereocenters. The fourth-order valence-electron chi connectivity index (χ4n) is 2.40. The van der Waals surface area contributed by atoms with Crippen LogP contribution < -0.4 is 0 Å². The van der Waals surface area contributed by atoms with Gasteiger partial charge in [-0.05, 0) is 39.2 Å². The van der Waals surface area contributed by atoms with Crippen molar-refractivity contribution >= 4 is 17.8 Å². The second kappa shape index (κ2) is 5.05. The summed E-state index contributed by atoms with van der Waals surface area (Å²) in [6.07, 6.45) is 0. The smallest absolute Gasteiger partial charge is 0.335 e. The van der Waals surface area contributed by atoms with Gasteiger partial charge in [0.1, 0.15) is 0 Å². The first-order valence-corrected chi connectivity index (χ1v) is 6.23. The Bertz CT molecular complexity index is 595. The van der Waals surface area contributed by atoms with Crippen LogP contribution in [-0.4, -0.2) is 59.4 Å². The standard InChI is InChI=1S/C14H16N2O4/c1-8(7-15(2)3)16-12(17)10-5-4-9(14(19)20)6-11(10)13(16)18/h4-6,8H,7H2,1-3H3,(H,19,20). The minimum absolute atomic E-state index is 0.00649. The summed E-state index contributed by atoms with van der Waals surface area (Å²) < 4.78 is 0. The molecule has 20 heavy (non-hydrogen) atoms. The van der Waals surface area contributed by atoms with Gasteiger partial charge in [-0.15, -0.1) is 0 Å². The van der Waals surface area contributed by atoms with Crippen molar-refractivity contribution in [1.29, 1.82) is 0 Å². The first kappa shape index (κ1) is 14.2. The van der Waals surface area contributed by atoms with Gasteiger partial charge in [-0.25, -0.2) is 4.79 Å². The number of nitrogens with zero attached hydrogens (tertiary/aromatic N) is 2. The van der Waals surface area contributed by atoms with Crippen LogP contribution in [0.3, 0.4) is 0 Å². The third-order valence-electron chi connectivity index (χ3n) is 3.24. The van der Waals surface area contributed by atoms with E-state index in [0.717, 1.165) is 0 Å². The lowest BCUT2D eigenvalue weighted by molar-refractivity contribution is 0.0575. The first-order chi connectivity index (χ1) is 9.32. The van der Waals surface area contributed by atoms with Crippen molar-refractivity contribution in [1.82, 2.24) is 9.80 Å². The fourth-order valence-corrected chi connectivity index (χ4v) is 2.40. The van der Waals surface area contributed by atoms with E-state index in [1.54, 1.807) is 6.92 Å². The zero-order valence-electron chi connectivity index (χ0n) is 11.6. The molecule has 1 aromatic carbocycles. The molecule has 0 radical (unpaired) electrons. The van der Waals surface area contributed by atoms with E-state index >= 15 is 0 Å². The van der Waals surface area contributed by atoms with Crippen molar-refractivity contribution in [2.45, 2.75) is 13.0 Å². The predicted molar refractivity (Wildman–Crippen MR) is 71.9 cm³/mol. The van der Waals surface area contributed by atoms with Gasteiger partial charge in [-0.1, -0.05) is 0 Å². The van der Waals surface area contributed by atoms with E-state index in [1.807, 2.05) is 19.0 Å². The summed E-state index contributed by atoms with van der Waals surface area (Å²) in [5.74, 6) is -1.91. The highest BCUT2D eigenvalue weighted by atomic mass is 16.4. The van der Waals surface area contributed by atoms with Crippen molar-refractivity contribution in [3.63, 3.8) is 0 Å². The van der Waals surface area contributed by atoms with Crippen LogP contribution in [0.4, 0.5) is 0 Å². The van der Waals surface area contributed by atoms with Gasteiger partial charge in [0.25, 0.3) is 11.8 Å². The highest BCUT2D eigenvalue weighted by Gasteiger charge is 2.38. The number of imide groups is 1. The minimum atomic E-state index is -1.12. The molecular weight excluding hydrogens is 260 g/mol. The molecule has 0 bridgehead atoms. The molecule has 0 saturated carbocycles. The van der Waals surface area contributed by atoms with E-state index in [-0.39, 0.29) is 28.6 Å². The molecule has 0 spiro atoms. The summed E-state index contributed by atoms with van der Waals surface area (Å²) >= 11 is 0. The third-order valence-corrected chi connectivity index (χ3v) is 3.24. The minimum Gasteiger partial charge on any atom is -0.478 e. The van der Waals surface area contributed by atoms with Gasteiger partial charge in [0.05, 0.1) is 22.7 Å². The summed E-state index contributed by atoms with van der Waals surface area (Å²) in [5.41, 5.74) is 0.443. The molecule has 1 aliphatic rings. The molecule has 6 heteroatoms. The number of hydrogen-bond donors (Lipinski definition) is 1. The highest BCUT2D eigenvalue weighted by molar-refractivity contribution is 6.22. The Morgan fingerprint density at radius 1 is 1.25 bits per heavy atom. The molecule has 0 aliphatic carbocycles. The maximum atomic E-state index is 12.3. The number of carboxylic acids is 1. The number of carbonyl (C=O) groups excluding carboxylic acids is 2. The Kier molecular flexibility index (Phi) is 3.59. The Balaban J connectivity index is 2.37. The topological polar surface area (TPSA) is 77.9 Å². The highest BCUT2D eigenvalue weighted by Crippen LogP contribution is 2.26. The number of carbonyl (C=O) groups is 3. The lowest BCUT2D eigenvalue weighted by atomic mass is 10.1. The lowest BCUT2D eigenvalue weighted by Crippen LogP contribution is -2.43. The zero-order valence-corrected chi connectivity index (χ0v) is 11.6. The average Bonchev–Trinajstić information content (AvgIpc) is 2.60.